The molecule has 3 rings (SSSR count). The number of rotatable bonds is 7. The first-order valence-electron chi connectivity index (χ1n) is 9.66. The molecule has 2 aromatic heterocycles. The fraction of sp³-hybridized carbons (Fsp3) is 0.364. The number of aliphatic imine (C=N–C) groups is 1. The van der Waals surface area contributed by atoms with Gasteiger partial charge >= 0.3 is 0 Å². The Hall–Kier alpha value is -3.02. The van der Waals surface area contributed by atoms with Crippen molar-refractivity contribution in [2.24, 2.45) is 12.0 Å². The third-order valence-electron chi connectivity index (χ3n) is 4.95. The molecule has 6 nitrogen and oxygen atoms in total. The van der Waals surface area contributed by atoms with Crippen LogP contribution in [-0.2, 0) is 20.0 Å². The van der Waals surface area contributed by atoms with Crippen molar-refractivity contribution in [1.82, 2.24) is 20.4 Å². The average Bonchev–Trinajstić information content (AvgIpc) is 3.29. The second-order valence-corrected chi connectivity index (χ2v) is 6.97. The van der Waals surface area contributed by atoms with Crippen molar-refractivity contribution in [3.05, 3.63) is 77.0 Å². The Morgan fingerprint density at radius 2 is 1.96 bits per heavy atom. The zero-order valence-electron chi connectivity index (χ0n) is 17.1. The zero-order valence-corrected chi connectivity index (χ0v) is 17.1. The minimum Gasteiger partial charge on any atom is -0.469 e. The van der Waals surface area contributed by atoms with Gasteiger partial charge in [0.05, 0.1) is 24.5 Å². The molecule has 6 heteroatoms. The maximum absolute atomic E-state index is 5.42. The third-order valence-corrected chi connectivity index (χ3v) is 4.95. The molecule has 148 valence electrons. The van der Waals surface area contributed by atoms with E-state index in [9.17, 15) is 0 Å². The molecule has 2 N–H and O–H groups in total. The van der Waals surface area contributed by atoms with Crippen LogP contribution in [0.15, 0.2) is 58.1 Å². The smallest absolute Gasteiger partial charge is 0.192 e. The maximum Gasteiger partial charge on any atom is 0.192 e. The van der Waals surface area contributed by atoms with Crippen molar-refractivity contribution in [2.75, 3.05) is 6.54 Å². The van der Waals surface area contributed by atoms with Gasteiger partial charge in [-0.3, -0.25) is 4.68 Å². The summed E-state index contributed by atoms with van der Waals surface area (Å²) in [5, 5.41) is 11.4. The van der Waals surface area contributed by atoms with Crippen LogP contribution in [-0.4, -0.2) is 22.3 Å². The normalized spacial score (nSPS) is 12.8. The molecule has 0 aliphatic rings. The largest absolute Gasteiger partial charge is 0.469 e. The van der Waals surface area contributed by atoms with Gasteiger partial charge in [0, 0.05) is 31.3 Å². The van der Waals surface area contributed by atoms with Crippen LogP contribution in [0, 0.1) is 13.8 Å². The summed E-state index contributed by atoms with van der Waals surface area (Å²) in [4.78, 5) is 4.82. The Morgan fingerprint density at radius 1 is 1.18 bits per heavy atom. The van der Waals surface area contributed by atoms with Gasteiger partial charge in [-0.1, -0.05) is 30.3 Å². The first-order chi connectivity index (χ1) is 13.5. The van der Waals surface area contributed by atoms with E-state index < -0.39 is 0 Å². The minimum atomic E-state index is 0.146. The lowest BCUT2D eigenvalue weighted by Gasteiger charge is -2.18. The molecule has 0 aliphatic heterocycles. The van der Waals surface area contributed by atoms with Crippen molar-refractivity contribution in [1.29, 1.82) is 0 Å². The standard InChI is InChI=1S/C22H29N5O/c1-16(19-9-6-5-7-10-19)25-22(23-13-12-20-11-8-14-28-20)24-15-21-17(2)26-27(4)18(21)3/h5-11,14,16H,12-13,15H2,1-4H3,(H2,23,24,25). The maximum atomic E-state index is 5.42. The van der Waals surface area contributed by atoms with E-state index in [1.165, 1.54) is 11.1 Å². The number of furan rings is 1. The van der Waals surface area contributed by atoms with Gasteiger partial charge in [-0.05, 0) is 38.5 Å². The topological polar surface area (TPSA) is 67.4 Å². The van der Waals surface area contributed by atoms with Gasteiger partial charge in [0.1, 0.15) is 5.76 Å². The molecular weight excluding hydrogens is 350 g/mol. The molecule has 0 aliphatic carbocycles. The van der Waals surface area contributed by atoms with Gasteiger partial charge in [-0.2, -0.15) is 5.10 Å². The number of hydrogen-bond donors (Lipinski definition) is 2. The van der Waals surface area contributed by atoms with Crippen molar-refractivity contribution in [2.45, 2.75) is 39.8 Å². The summed E-state index contributed by atoms with van der Waals surface area (Å²) >= 11 is 0. The van der Waals surface area contributed by atoms with E-state index in [4.69, 9.17) is 9.41 Å². The summed E-state index contributed by atoms with van der Waals surface area (Å²) in [5.74, 6) is 1.74. The molecule has 0 spiro atoms. The lowest BCUT2D eigenvalue weighted by Crippen LogP contribution is -2.39. The highest BCUT2D eigenvalue weighted by molar-refractivity contribution is 5.80. The highest BCUT2D eigenvalue weighted by Gasteiger charge is 2.11. The van der Waals surface area contributed by atoms with Crippen molar-refractivity contribution >= 4 is 5.96 Å². The van der Waals surface area contributed by atoms with Crippen LogP contribution in [0.1, 0.15) is 41.2 Å². The minimum absolute atomic E-state index is 0.146. The van der Waals surface area contributed by atoms with E-state index in [1.54, 1.807) is 6.26 Å². The Kier molecular flexibility index (Phi) is 6.53. The predicted molar refractivity (Wildman–Crippen MR) is 112 cm³/mol. The molecule has 0 radical (unpaired) electrons. The summed E-state index contributed by atoms with van der Waals surface area (Å²) in [6.45, 7) is 7.57. The Morgan fingerprint density at radius 3 is 2.61 bits per heavy atom. The van der Waals surface area contributed by atoms with E-state index in [-0.39, 0.29) is 6.04 Å². The van der Waals surface area contributed by atoms with Gasteiger partial charge in [-0.25, -0.2) is 4.99 Å². The second kappa shape index (κ2) is 9.26. The zero-order chi connectivity index (χ0) is 19.9. The summed E-state index contributed by atoms with van der Waals surface area (Å²) in [6, 6.07) is 14.4. The first-order valence-corrected chi connectivity index (χ1v) is 9.66. The average molecular weight is 380 g/mol. The third kappa shape index (κ3) is 5.03. The fourth-order valence-electron chi connectivity index (χ4n) is 3.15. The van der Waals surface area contributed by atoms with E-state index in [1.807, 2.05) is 36.9 Å². The second-order valence-electron chi connectivity index (χ2n) is 6.97. The number of guanidine groups is 1. The molecule has 0 saturated carbocycles. The van der Waals surface area contributed by atoms with Crippen LogP contribution in [0.4, 0.5) is 0 Å². The summed E-state index contributed by atoms with van der Waals surface area (Å²) in [6.07, 6.45) is 2.51. The van der Waals surface area contributed by atoms with Crippen LogP contribution in [0.3, 0.4) is 0 Å². The highest BCUT2D eigenvalue weighted by Crippen LogP contribution is 2.14. The molecule has 1 aromatic carbocycles. The van der Waals surface area contributed by atoms with Gasteiger partial charge in [0.15, 0.2) is 5.96 Å². The number of nitrogens with zero attached hydrogens (tertiary/aromatic N) is 3. The monoisotopic (exact) mass is 379 g/mol. The fourth-order valence-corrected chi connectivity index (χ4v) is 3.15. The SMILES string of the molecule is Cc1nn(C)c(C)c1CN=C(NCCc1ccco1)NC(C)c1ccccc1. The van der Waals surface area contributed by atoms with Crippen molar-refractivity contribution < 1.29 is 4.42 Å². The van der Waals surface area contributed by atoms with Crippen molar-refractivity contribution in [3.63, 3.8) is 0 Å². The summed E-state index contributed by atoms with van der Waals surface area (Å²) < 4.78 is 7.32. The van der Waals surface area contributed by atoms with Crippen LogP contribution < -0.4 is 10.6 Å². The van der Waals surface area contributed by atoms with Crippen LogP contribution >= 0.6 is 0 Å². The lowest BCUT2D eigenvalue weighted by molar-refractivity contribution is 0.506. The number of benzene rings is 1. The quantitative estimate of drug-likeness (QED) is 0.485. The molecule has 1 unspecified atom stereocenters. The van der Waals surface area contributed by atoms with Crippen LogP contribution in [0.5, 0.6) is 0 Å². The molecular formula is C22H29N5O. The van der Waals surface area contributed by atoms with E-state index in [0.29, 0.717) is 6.54 Å². The lowest BCUT2D eigenvalue weighted by atomic mass is 10.1. The van der Waals surface area contributed by atoms with Gasteiger partial charge in [-0.15, -0.1) is 0 Å². The van der Waals surface area contributed by atoms with Gasteiger partial charge in [0.2, 0.25) is 0 Å². The predicted octanol–water partition coefficient (Wildman–Crippen LogP) is 3.67. The molecule has 0 amide bonds. The number of nitrogens with one attached hydrogen (secondary N) is 2. The molecule has 2 heterocycles. The van der Waals surface area contributed by atoms with Crippen LogP contribution in [0.25, 0.3) is 0 Å². The van der Waals surface area contributed by atoms with E-state index >= 15 is 0 Å². The summed E-state index contributed by atoms with van der Waals surface area (Å²) in [5.41, 5.74) is 4.56. The number of aryl methyl sites for hydroxylation is 2. The molecule has 3 aromatic rings. The molecule has 1 atom stereocenters. The van der Waals surface area contributed by atoms with Crippen molar-refractivity contribution in [3.8, 4) is 0 Å². The molecule has 0 fully saturated rings. The van der Waals surface area contributed by atoms with E-state index in [2.05, 4.69) is 53.8 Å². The van der Waals surface area contributed by atoms with Gasteiger partial charge < -0.3 is 15.1 Å². The van der Waals surface area contributed by atoms with E-state index in [0.717, 1.165) is 36.1 Å². The highest BCUT2D eigenvalue weighted by atomic mass is 16.3. The van der Waals surface area contributed by atoms with Crippen LogP contribution in [0.2, 0.25) is 0 Å². The number of hydrogen-bond acceptors (Lipinski definition) is 3. The summed E-state index contributed by atoms with van der Waals surface area (Å²) in [7, 11) is 1.97. The molecule has 0 saturated heterocycles. The van der Waals surface area contributed by atoms with Gasteiger partial charge in [0.25, 0.3) is 0 Å². The number of aromatic nitrogens is 2. The molecule has 0 bridgehead atoms. The Labute approximate surface area is 166 Å². The Bertz CT molecular complexity index is 897. The Balaban J connectivity index is 1.70. The molecule has 28 heavy (non-hydrogen) atoms. The first kappa shape index (κ1) is 19.7.